The number of nitrogens with zero attached hydrogens (tertiary/aromatic N) is 5. The zero-order valence-corrected chi connectivity index (χ0v) is 13.4. The molecule has 0 aliphatic rings. The maximum Gasteiger partial charge on any atom is 0.417 e. The SMILES string of the molecule is C=C(Nc1nnc2c(Cl)cc(C(F)(F)F)cn12)C(=O)/N=C/N(C)C. The zero-order valence-electron chi connectivity index (χ0n) is 12.6. The standard InChI is InChI=1S/C13H12ClF3N6O/c1-7(11(24)18-6-22(2)3)19-12-21-20-10-9(14)4-8(5-23(10)12)13(15,16)17/h4-6H,1H2,2-3H3,(H,19,21)/b18-6+. The summed E-state index contributed by atoms with van der Waals surface area (Å²) in [6.45, 7) is 3.48. The van der Waals surface area contributed by atoms with Crippen LogP contribution < -0.4 is 5.32 Å². The molecule has 128 valence electrons. The molecule has 0 aliphatic heterocycles. The van der Waals surface area contributed by atoms with E-state index in [-0.39, 0.29) is 22.3 Å². The largest absolute Gasteiger partial charge is 0.417 e. The molecule has 0 saturated heterocycles. The van der Waals surface area contributed by atoms with E-state index in [4.69, 9.17) is 11.6 Å². The van der Waals surface area contributed by atoms with Gasteiger partial charge in [0.15, 0.2) is 5.65 Å². The van der Waals surface area contributed by atoms with Crippen molar-refractivity contribution in [2.45, 2.75) is 6.18 Å². The summed E-state index contributed by atoms with van der Waals surface area (Å²) in [5, 5.41) is 9.60. The molecule has 2 aromatic heterocycles. The number of anilines is 1. The Bertz CT molecular complexity index is 827. The Morgan fingerprint density at radius 2 is 2.12 bits per heavy atom. The quantitative estimate of drug-likeness (QED) is 0.515. The highest BCUT2D eigenvalue weighted by molar-refractivity contribution is 6.33. The van der Waals surface area contributed by atoms with Crippen molar-refractivity contribution < 1.29 is 18.0 Å². The molecular formula is C13H12ClF3N6O. The Kier molecular flexibility index (Phi) is 4.78. The Labute approximate surface area is 139 Å². The molecule has 2 heterocycles. The van der Waals surface area contributed by atoms with Gasteiger partial charge in [0.05, 0.1) is 16.9 Å². The highest BCUT2D eigenvalue weighted by Crippen LogP contribution is 2.32. The van der Waals surface area contributed by atoms with E-state index in [1.165, 1.54) is 11.2 Å². The van der Waals surface area contributed by atoms with Crippen molar-refractivity contribution in [2.75, 3.05) is 19.4 Å². The van der Waals surface area contributed by atoms with E-state index in [1.54, 1.807) is 14.1 Å². The first-order chi connectivity index (χ1) is 11.1. The molecule has 24 heavy (non-hydrogen) atoms. The van der Waals surface area contributed by atoms with Crippen LogP contribution in [0.1, 0.15) is 5.56 Å². The second kappa shape index (κ2) is 6.48. The highest BCUT2D eigenvalue weighted by atomic mass is 35.5. The van der Waals surface area contributed by atoms with Crippen molar-refractivity contribution in [3.05, 3.63) is 35.1 Å². The lowest BCUT2D eigenvalue weighted by Crippen LogP contribution is -2.14. The summed E-state index contributed by atoms with van der Waals surface area (Å²) < 4.78 is 39.6. The van der Waals surface area contributed by atoms with Crippen LogP contribution >= 0.6 is 11.6 Å². The normalized spacial score (nSPS) is 11.9. The van der Waals surface area contributed by atoms with Crippen LogP contribution in [0.15, 0.2) is 29.5 Å². The van der Waals surface area contributed by atoms with E-state index in [2.05, 4.69) is 27.1 Å². The van der Waals surface area contributed by atoms with Crippen LogP contribution in [0, 0.1) is 0 Å². The number of halogens is 4. The summed E-state index contributed by atoms with van der Waals surface area (Å²) in [6.07, 6.45) is -2.57. The molecule has 11 heteroatoms. The average Bonchev–Trinajstić information content (AvgIpc) is 2.87. The number of alkyl halides is 3. The number of pyridine rings is 1. The lowest BCUT2D eigenvalue weighted by molar-refractivity contribution is -0.137. The third kappa shape index (κ3) is 3.82. The average molecular weight is 361 g/mol. The third-order valence-corrected chi connectivity index (χ3v) is 2.99. The minimum Gasteiger partial charge on any atom is -0.369 e. The van der Waals surface area contributed by atoms with Gasteiger partial charge in [0, 0.05) is 20.3 Å². The topological polar surface area (TPSA) is 74.9 Å². The minimum atomic E-state index is -4.60. The summed E-state index contributed by atoms with van der Waals surface area (Å²) >= 11 is 5.80. The lowest BCUT2D eigenvalue weighted by Gasteiger charge is -2.09. The van der Waals surface area contributed by atoms with Crippen LogP contribution in [0.25, 0.3) is 5.65 Å². The summed E-state index contributed by atoms with van der Waals surface area (Å²) in [6, 6.07) is 0.747. The van der Waals surface area contributed by atoms with Gasteiger partial charge in [-0.3, -0.25) is 9.20 Å². The van der Waals surface area contributed by atoms with Crippen LogP contribution in [-0.2, 0) is 11.0 Å². The van der Waals surface area contributed by atoms with Gasteiger partial charge in [-0.15, -0.1) is 10.2 Å². The van der Waals surface area contributed by atoms with Gasteiger partial charge in [-0.2, -0.15) is 18.2 Å². The molecule has 0 radical (unpaired) electrons. The van der Waals surface area contributed by atoms with Crippen LogP contribution in [0.3, 0.4) is 0 Å². The number of fused-ring (bicyclic) bond motifs is 1. The molecular weight excluding hydrogens is 349 g/mol. The van der Waals surface area contributed by atoms with E-state index in [0.29, 0.717) is 0 Å². The number of rotatable bonds is 4. The van der Waals surface area contributed by atoms with E-state index in [9.17, 15) is 18.0 Å². The molecule has 0 saturated carbocycles. The predicted molar refractivity (Wildman–Crippen MR) is 82.9 cm³/mol. The molecule has 0 aromatic carbocycles. The van der Waals surface area contributed by atoms with Gasteiger partial charge in [0.2, 0.25) is 5.95 Å². The maximum atomic E-state index is 12.9. The Morgan fingerprint density at radius 1 is 1.46 bits per heavy atom. The zero-order chi connectivity index (χ0) is 18.1. The van der Waals surface area contributed by atoms with Gasteiger partial charge < -0.3 is 10.2 Å². The van der Waals surface area contributed by atoms with Gasteiger partial charge >= 0.3 is 6.18 Å². The summed E-state index contributed by atoms with van der Waals surface area (Å²) in [4.78, 5) is 16.9. The Morgan fingerprint density at radius 3 is 2.71 bits per heavy atom. The first-order valence-electron chi connectivity index (χ1n) is 6.42. The van der Waals surface area contributed by atoms with E-state index >= 15 is 0 Å². The van der Waals surface area contributed by atoms with Crippen LogP contribution in [0.4, 0.5) is 19.1 Å². The fourth-order valence-corrected chi connectivity index (χ4v) is 1.87. The van der Waals surface area contributed by atoms with Gasteiger partial charge in [-0.25, -0.2) is 0 Å². The summed E-state index contributed by atoms with van der Waals surface area (Å²) in [7, 11) is 3.33. The lowest BCUT2D eigenvalue weighted by atomic mass is 10.3. The number of aromatic nitrogens is 3. The number of hydrogen-bond acceptors (Lipinski definition) is 4. The second-order valence-electron chi connectivity index (χ2n) is 4.91. The van der Waals surface area contributed by atoms with Gasteiger partial charge in [0.25, 0.3) is 5.91 Å². The molecule has 2 aromatic rings. The van der Waals surface area contributed by atoms with Crippen LogP contribution in [-0.4, -0.2) is 45.8 Å². The highest BCUT2D eigenvalue weighted by Gasteiger charge is 2.32. The molecule has 2 rings (SSSR count). The molecule has 7 nitrogen and oxygen atoms in total. The van der Waals surface area contributed by atoms with E-state index in [0.717, 1.165) is 16.7 Å². The number of hydrogen-bond donors (Lipinski definition) is 1. The fourth-order valence-electron chi connectivity index (χ4n) is 1.63. The molecule has 1 amide bonds. The van der Waals surface area contributed by atoms with E-state index < -0.39 is 17.6 Å². The smallest absolute Gasteiger partial charge is 0.369 e. The Hall–Kier alpha value is -2.62. The molecule has 1 N–H and O–H groups in total. The van der Waals surface area contributed by atoms with E-state index in [1.807, 2.05) is 0 Å². The van der Waals surface area contributed by atoms with Crippen LogP contribution in [0.5, 0.6) is 0 Å². The van der Waals surface area contributed by atoms with Crippen molar-refractivity contribution in [1.82, 2.24) is 19.5 Å². The monoisotopic (exact) mass is 360 g/mol. The Balaban J connectivity index is 2.35. The molecule has 0 fully saturated rings. The van der Waals surface area contributed by atoms with Crippen LogP contribution in [0.2, 0.25) is 5.02 Å². The predicted octanol–water partition coefficient (Wildman–Crippen LogP) is 2.44. The molecule has 0 aliphatic carbocycles. The first-order valence-corrected chi connectivity index (χ1v) is 6.79. The van der Waals surface area contributed by atoms with Crippen molar-refractivity contribution in [3.63, 3.8) is 0 Å². The molecule has 0 bridgehead atoms. The molecule has 0 unspecified atom stereocenters. The second-order valence-corrected chi connectivity index (χ2v) is 5.32. The van der Waals surface area contributed by atoms with Crippen molar-refractivity contribution in [2.24, 2.45) is 4.99 Å². The molecule has 0 atom stereocenters. The maximum absolute atomic E-state index is 12.9. The van der Waals surface area contributed by atoms with Crippen molar-refractivity contribution in [3.8, 4) is 0 Å². The number of nitrogens with one attached hydrogen (secondary N) is 1. The fraction of sp³-hybridized carbons (Fsp3) is 0.231. The third-order valence-electron chi connectivity index (χ3n) is 2.71. The van der Waals surface area contributed by atoms with Gasteiger partial charge in [-0.1, -0.05) is 18.2 Å². The number of carbonyl (C=O) groups excluding carboxylic acids is 1. The summed E-state index contributed by atoms with van der Waals surface area (Å²) in [5.41, 5.74) is -1.16. The number of carbonyl (C=O) groups is 1. The molecule has 0 spiro atoms. The number of aliphatic imine (C=N–C) groups is 1. The summed E-state index contributed by atoms with van der Waals surface area (Å²) in [5.74, 6) is -0.852. The van der Waals surface area contributed by atoms with Crippen molar-refractivity contribution >= 4 is 35.4 Å². The van der Waals surface area contributed by atoms with Gasteiger partial charge in [0.1, 0.15) is 5.70 Å². The van der Waals surface area contributed by atoms with Gasteiger partial charge in [-0.05, 0) is 6.07 Å². The minimum absolute atomic E-state index is 0.00390. The number of amides is 1. The van der Waals surface area contributed by atoms with Crippen molar-refractivity contribution in [1.29, 1.82) is 0 Å². The first kappa shape index (κ1) is 17.7.